The smallest absolute Gasteiger partial charge is 0.233 e. The van der Waals surface area contributed by atoms with Crippen LogP contribution in [0.5, 0.6) is 0 Å². The molecule has 13 nitrogen and oxygen atoms in total. The lowest BCUT2D eigenvalue weighted by atomic mass is 10.1. The van der Waals surface area contributed by atoms with Gasteiger partial charge >= 0.3 is 0 Å². The van der Waals surface area contributed by atoms with Gasteiger partial charge in [0.15, 0.2) is 0 Å². The van der Waals surface area contributed by atoms with E-state index in [0.717, 1.165) is 24.2 Å². The quantitative estimate of drug-likeness (QED) is 0.105. The molecule has 0 saturated heterocycles. The number of nitrogens with one attached hydrogen (secondary N) is 4. The Labute approximate surface area is 228 Å². The molecule has 1 aromatic carbocycles. The minimum atomic E-state index is -0.0714. The number of amides is 1. The second-order valence-corrected chi connectivity index (χ2v) is 8.42. The van der Waals surface area contributed by atoms with E-state index in [1.165, 1.54) is 0 Å². The van der Waals surface area contributed by atoms with Crippen LogP contribution < -0.4 is 27.0 Å². The summed E-state index contributed by atoms with van der Waals surface area (Å²) in [6, 6.07) is 7.54. The highest BCUT2D eigenvalue weighted by Gasteiger charge is 2.08. The minimum absolute atomic E-state index is 0.0714. The summed E-state index contributed by atoms with van der Waals surface area (Å²) in [6.07, 6.45) is 8.37. The lowest BCUT2D eigenvalue weighted by Crippen LogP contribution is -2.29. The van der Waals surface area contributed by atoms with Crippen molar-refractivity contribution in [1.29, 1.82) is 0 Å². The van der Waals surface area contributed by atoms with Gasteiger partial charge < -0.3 is 41.0 Å². The zero-order valence-corrected chi connectivity index (χ0v) is 22.1. The van der Waals surface area contributed by atoms with Gasteiger partial charge in [-0.05, 0) is 24.1 Å². The molecule has 3 rings (SSSR count). The molecule has 0 aliphatic rings. The number of carbonyl (C=O) groups excluding carboxylic acids is 1. The Bertz CT molecular complexity index is 1110. The minimum Gasteiger partial charge on any atom is -0.378 e. The highest BCUT2D eigenvalue weighted by Crippen LogP contribution is 2.17. The second kappa shape index (κ2) is 17.4. The number of hydrogen-bond acceptors (Lipinski definition) is 11. The van der Waals surface area contributed by atoms with Gasteiger partial charge in [-0.3, -0.25) is 4.79 Å². The molecule has 0 bridgehead atoms. The third kappa shape index (κ3) is 11.9. The second-order valence-electron chi connectivity index (χ2n) is 8.42. The van der Waals surface area contributed by atoms with Crippen molar-refractivity contribution in [2.24, 2.45) is 5.73 Å². The van der Waals surface area contributed by atoms with Crippen LogP contribution >= 0.6 is 0 Å². The first-order chi connectivity index (χ1) is 19.2. The number of aromatic nitrogens is 5. The van der Waals surface area contributed by atoms with Crippen LogP contribution in [0.4, 0.5) is 23.5 Å². The lowest BCUT2D eigenvalue weighted by Gasteiger charge is -2.11. The van der Waals surface area contributed by atoms with E-state index in [2.05, 4.69) is 47.8 Å². The first kappa shape index (κ1) is 29.5. The Morgan fingerprint density at radius 1 is 0.974 bits per heavy atom. The molecular formula is C26H38N10O3. The van der Waals surface area contributed by atoms with Gasteiger partial charge in [-0.1, -0.05) is 18.2 Å². The van der Waals surface area contributed by atoms with E-state index in [4.69, 9.17) is 15.2 Å². The highest BCUT2D eigenvalue weighted by molar-refractivity contribution is 5.78. The van der Waals surface area contributed by atoms with Crippen LogP contribution in [-0.2, 0) is 27.2 Å². The maximum atomic E-state index is 12.2. The summed E-state index contributed by atoms with van der Waals surface area (Å²) in [5.74, 6) is 1.22. The Hall–Kier alpha value is -4.07. The van der Waals surface area contributed by atoms with Crippen LogP contribution in [0.25, 0.3) is 0 Å². The van der Waals surface area contributed by atoms with Crippen molar-refractivity contribution in [1.82, 2.24) is 29.8 Å². The van der Waals surface area contributed by atoms with Gasteiger partial charge in [-0.15, -0.1) is 6.58 Å². The molecule has 0 saturated carbocycles. The maximum absolute atomic E-state index is 12.2. The third-order valence-electron chi connectivity index (χ3n) is 5.25. The number of hydrogen-bond donors (Lipinski definition) is 5. The van der Waals surface area contributed by atoms with E-state index in [1.807, 2.05) is 35.0 Å². The molecule has 39 heavy (non-hydrogen) atoms. The predicted molar refractivity (Wildman–Crippen MR) is 151 cm³/mol. The van der Waals surface area contributed by atoms with Crippen molar-refractivity contribution in [3.63, 3.8) is 0 Å². The number of imidazole rings is 1. The number of anilines is 4. The molecule has 0 fully saturated rings. The molecule has 1 amide bonds. The largest absolute Gasteiger partial charge is 0.378 e. The Morgan fingerprint density at radius 3 is 2.44 bits per heavy atom. The van der Waals surface area contributed by atoms with Gasteiger partial charge in [-0.2, -0.15) is 15.0 Å². The maximum Gasteiger partial charge on any atom is 0.233 e. The molecule has 0 aliphatic carbocycles. The van der Waals surface area contributed by atoms with Crippen LogP contribution in [0.1, 0.15) is 12.0 Å². The molecule has 13 heteroatoms. The fraction of sp³-hybridized carbons (Fsp3) is 0.423. The Balaban J connectivity index is 1.45. The average molecular weight is 539 g/mol. The van der Waals surface area contributed by atoms with E-state index in [9.17, 15) is 4.79 Å². The topological polar surface area (TPSA) is 166 Å². The highest BCUT2D eigenvalue weighted by atomic mass is 16.5. The van der Waals surface area contributed by atoms with E-state index in [1.54, 1.807) is 18.6 Å². The summed E-state index contributed by atoms with van der Waals surface area (Å²) < 4.78 is 12.7. The summed E-state index contributed by atoms with van der Waals surface area (Å²) in [5.41, 5.74) is 7.03. The Morgan fingerprint density at radius 2 is 1.72 bits per heavy atom. The number of nitrogens with two attached hydrogens (primary N) is 1. The SMILES string of the molecule is C=CCNc1nc(NCCCn2ccnc2)nc(Nc2ccc(CC(=O)NCCOCCOCCN)cc2)n1. The van der Waals surface area contributed by atoms with Gasteiger partial charge in [0, 0.05) is 50.8 Å². The summed E-state index contributed by atoms with van der Waals surface area (Å²) in [7, 11) is 0. The van der Waals surface area contributed by atoms with E-state index in [0.29, 0.717) is 70.5 Å². The van der Waals surface area contributed by atoms with Crippen molar-refractivity contribution >= 4 is 29.4 Å². The number of carbonyl (C=O) groups is 1. The van der Waals surface area contributed by atoms with Gasteiger partial charge in [0.25, 0.3) is 0 Å². The molecule has 0 radical (unpaired) electrons. The van der Waals surface area contributed by atoms with Crippen LogP contribution in [0, 0.1) is 0 Å². The molecule has 2 aromatic heterocycles. The van der Waals surface area contributed by atoms with Gasteiger partial charge in [-0.25, -0.2) is 4.98 Å². The molecule has 3 aromatic rings. The fourth-order valence-corrected chi connectivity index (χ4v) is 3.39. The van der Waals surface area contributed by atoms with Crippen LogP contribution in [0.3, 0.4) is 0 Å². The monoisotopic (exact) mass is 538 g/mol. The molecule has 0 spiro atoms. The molecule has 0 atom stereocenters. The standard InChI is InChI=1S/C26H38N10O3/c1-2-9-30-24-33-25(31-10-3-13-36-14-11-28-20-36)35-26(34-24)32-22-6-4-21(5-7-22)19-23(37)29-12-16-39-18-17-38-15-8-27/h2,4-7,11,14,20H,1,3,8-10,12-13,15-19,27H2,(H,29,37)(H3,30,31,32,33,34,35). The molecule has 0 unspecified atom stereocenters. The van der Waals surface area contributed by atoms with Gasteiger partial charge in [0.2, 0.25) is 23.8 Å². The van der Waals surface area contributed by atoms with E-state index >= 15 is 0 Å². The van der Waals surface area contributed by atoms with Gasteiger partial charge in [0.1, 0.15) is 0 Å². The molecule has 6 N–H and O–H groups in total. The summed E-state index contributed by atoms with van der Waals surface area (Å²) >= 11 is 0. The van der Waals surface area contributed by atoms with Crippen molar-refractivity contribution in [3.8, 4) is 0 Å². The number of ether oxygens (including phenoxy) is 2. The number of rotatable bonds is 20. The van der Waals surface area contributed by atoms with Crippen molar-refractivity contribution in [2.75, 3.05) is 68.6 Å². The van der Waals surface area contributed by atoms with Crippen molar-refractivity contribution < 1.29 is 14.3 Å². The summed E-state index contributed by atoms with van der Waals surface area (Å²) in [4.78, 5) is 29.6. The van der Waals surface area contributed by atoms with Crippen LogP contribution in [0.2, 0.25) is 0 Å². The van der Waals surface area contributed by atoms with Crippen LogP contribution in [0.15, 0.2) is 55.6 Å². The number of nitrogens with zero attached hydrogens (tertiary/aromatic N) is 5. The molecule has 210 valence electrons. The van der Waals surface area contributed by atoms with Gasteiger partial charge in [0.05, 0.1) is 39.2 Å². The van der Waals surface area contributed by atoms with Crippen molar-refractivity contribution in [3.05, 3.63) is 61.2 Å². The first-order valence-corrected chi connectivity index (χ1v) is 12.9. The van der Waals surface area contributed by atoms with E-state index < -0.39 is 0 Å². The molecule has 0 aliphatic heterocycles. The zero-order valence-electron chi connectivity index (χ0n) is 22.1. The average Bonchev–Trinajstić information content (AvgIpc) is 3.46. The Kier molecular flexibility index (Phi) is 13.2. The van der Waals surface area contributed by atoms with Crippen LogP contribution in [-0.4, -0.2) is 83.0 Å². The summed E-state index contributed by atoms with van der Waals surface area (Å²) in [5, 5.41) is 12.4. The lowest BCUT2D eigenvalue weighted by molar-refractivity contribution is -0.120. The fourth-order valence-electron chi connectivity index (χ4n) is 3.39. The number of benzene rings is 1. The predicted octanol–water partition coefficient (Wildman–Crippen LogP) is 1.56. The first-order valence-electron chi connectivity index (χ1n) is 12.9. The van der Waals surface area contributed by atoms with E-state index in [-0.39, 0.29) is 12.3 Å². The molecule has 2 heterocycles. The third-order valence-corrected chi connectivity index (χ3v) is 5.25. The normalized spacial score (nSPS) is 10.7. The summed E-state index contributed by atoms with van der Waals surface area (Å²) in [6.45, 7) is 8.62. The number of aryl methyl sites for hydroxylation is 1. The molecular weight excluding hydrogens is 500 g/mol. The van der Waals surface area contributed by atoms with Crippen molar-refractivity contribution in [2.45, 2.75) is 19.4 Å². The zero-order chi connectivity index (χ0) is 27.5.